The highest BCUT2D eigenvalue weighted by Crippen LogP contribution is 2.24. The number of hydrogen-bond donors (Lipinski definition) is 0. The van der Waals surface area contributed by atoms with E-state index in [4.69, 9.17) is 11.6 Å². The number of anilines is 1. The monoisotopic (exact) mass is 442 g/mol. The fourth-order valence-electron chi connectivity index (χ4n) is 3.11. The standard InChI is InChI=1S/C23H23ClN2O3S/c1-17-7-4-11-21(13-17)26(3)30(28,29)22-12-6-9-19(15-22)23(27)25(2)16-18-8-5-10-20(24)14-18/h4-15H,16H2,1-3H3. The largest absolute Gasteiger partial charge is 0.337 e. The number of aryl methyl sites for hydroxylation is 1. The Kier molecular flexibility index (Phi) is 6.48. The number of benzene rings is 3. The van der Waals surface area contributed by atoms with Gasteiger partial charge in [-0.1, -0.05) is 41.9 Å². The fourth-order valence-corrected chi connectivity index (χ4v) is 4.56. The summed E-state index contributed by atoms with van der Waals surface area (Å²) >= 11 is 6.01. The van der Waals surface area contributed by atoms with Crippen LogP contribution in [0.2, 0.25) is 5.02 Å². The van der Waals surface area contributed by atoms with E-state index < -0.39 is 10.0 Å². The summed E-state index contributed by atoms with van der Waals surface area (Å²) in [6.07, 6.45) is 0. The van der Waals surface area contributed by atoms with E-state index >= 15 is 0 Å². The maximum Gasteiger partial charge on any atom is 0.264 e. The molecule has 1 amide bonds. The van der Waals surface area contributed by atoms with Crippen LogP contribution in [0.25, 0.3) is 0 Å². The molecule has 156 valence electrons. The Labute approximate surface area is 182 Å². The first-order chi connectivity index (χ1) is 14.2. The van der Waals surface area contributed by atoms with E-state index in [0.29, 0.717) is 22.8 Å². The number of hydrogen-bond acceptors (Lipinski definition) is 3. The lowest BCUT2D eigenvalue weighted by Crippen LogP contribution is -2.28. The summed E-state index contributed by atoms with van der Waals surface area (Å²) in [5, 5.41) is 0.598. The van der Waals surface area contributed by atoms with E-state index in [1.165, 1.54) is 28.4 Å². The molecule has 0 aromatic heterocycles. The number of halogens is 1. The molecule has 0 aliphatic rings. The molecule has 0 atom stereocenters. The second-order valence-corrected chi connectivity index (χ2v) is 9.54. The molecule has 30 heavy (non-hydrogen) atoms. The molecule has 3 aromatic carbocycles. The quantitative estimate of drug-likeness (QED) is 0.553. The molecule has 0 spiro atoms. The summed E-state index contributed by atoms with van der Waals surface area (Å²) in [6, 6.07) is 20.6. The minimum Gasteiger partial charge on any atom is -0.337 e. The van der Waals surface area contributed by atoms with Gasteiger partial charge in [-0.2, -0.15) is 0 Å². The summed E-state index contributed by atoms with van der Waals surface area (Å²) in [6.45, 7) is 2.26. The van der Waals surface area contributed by atoms with E-state index in [1.54, 1.807) is 49.5 Å². The molecule has 7 heteroatoms. The number of carbonyl (C=O) groups is 1. The summed E-state index contributed by atoms with van der Waals surface area (Å²) < 4.78 is 27.4. The molecule has 0 fully saturated rings. The second-order valence-electron chi connectivity index (χ2n) is 7.13. The van der Waals surface area contributed by atoms with Gasteiger partial charge in [0.2, 0.25) is 0 Å². The molecule has 0 bridgehead atoms. The van der Waals surface area contributed by atoms with Crippen molar-refractivity contribution >= 4 is 33.2 Å². The molecule has 0 saturated heterocycles. The van der Waals surface area contributed by atoms with Crippen molar-refractivity contribution in [3.63, 3.8) is 0 Å². The SMILES string of the molecule is Cc1cccc(N(C)S(=O)(=O)c2cccc(C(=O)N(C)Cc3cccc(Cl)c3)c2)c1. The Bertz CT molecular complexity index is 1180. The van der Waals surface area contributed by atoms with E-state index in [-0.39, 0.29) is 10.8 Å². The highest BCUT2D eigenvalue weighted by molar-refractivity contribution is 7.92. The van der Waals surface area contributed by atoms with Crippen LogP contribution in [0.1, 0.15) is 21.5 Å². The number of carbonyl (C=O) groups excluding carboxylic acids is 1. The van der Waals surface area contributed by atoms with Crippen LogP contribution in [0.5, 0.6) is 0 Å². The van der Waals surface area contributed by atoms with Crippen LogP contribution in [-0.4, -0.2) is 33.3 Å². The van der Waals surface area contributed by atoms with Gasteiger partial charge >= 0.3 is 0 Å². The van der Waals surface area contributed by atoms with Crippen molar-refractivity contribution in [2.45, 2.75) is 18.4 Å². The first-order valence-electron chi connectivity index (χ1n) is 9.34. The van der Waals surface area contributed by atoms with Gasteiger partial charge in [-0.3, -0.25) is 9.10 Å². The fraction of sp³-hybridized carbons (Fsp3) is 0.174. The van der Waals surface area contributed by atoms with Crippen LogP contribution in [0.15, 0.2) is 77.7 Å². The minimum atomic E-state index is -3.81. The molecule has 5 nitrogen and oxygen atoms in total. The average molecular weight is 443 g/mol. The second kappa shape index (κ2) is 8.90. The van der Waals surface area contributed by atoms with Crippen molar-refractivity contribution in [2.75, 3.05) is 18.4 Å². The number of nitrogens with zero attached hydrogens (tertiary/aromatic N) is 2. The third-order valence-corrected chi connectivity index (χ3v) is 6.78. The van der Waals surface area contributed by atoms with Crippen LogP contribution in [0, 0.1) is 6.92 Å². The average Bonchev–Trinajstić information content (AvgIpc) is 2.72. The lowest BCUT2D eigenvalue weighted by Gasteiger charge is -2.21. The highest BCUT2D eigenvalue weighted by atomic mass is 35.5. The van der Waals surface area contributed by atoms with Crippen molar-refractivity contribution in [1.29, 1.82) is 0 Å². The normalized spacial score (nSPS) is 11.2. The molecule has 0 radical (unpaired) electrons. The van der Waals surface area contributed by atoms with Crippen molar-refractivity contribution in [3.8, 4) is 0 Å². The molecule has 3 rings (SSSR count). The Morgan fingerprint density at radius 2 is 1.63 bits per heavy atom. The summed E-state index contributed by atoms with van der Waals surface area (Å²) in [5.41, 5.74) is 2.71. The van der Waals surface area contributed by atoms with Gasteiger partial charge in [-0.25, -0.2) is 8.42 Å². The zero-order chi connectivity index (χ0) is 21.9. The van der Waals surface area contributed by atoms with E-state index in [2.05, 4.69) is 0 Å². The molecule has 3 aromatic rings. The van der Waals surface area contributed by atoms with Crippen LogP contribution in [0.4, 0.5) is 5.69 Å². The van der Waals surface area contributed by atoms with Gasteiger partial charge in [-0.15, -0.1) is 0 Å². The Morgan fingerprint density at radius 3 is 2.33 bits per heavy atom. The zero-order valence-electron chi connectivity index (χ0n) is 17.0. The molecule has 0 unspecified atom stereocenters. The molecule has 0 N–H and O–H groups in total. The van der Waals surface area contributed by atoms with Gasteiger partial charge in [0.1, 0.15) is 0 Å². The molecular weight excluding hydrogens is 420 g/mol. The van der Waals surface area contributed by atoms with Gasteiger partial charge in [0.05, 0.1) is 10.6 Å². The van der Waals surface area contributed by atoms with Crippen molar-refractivity contribution in [2.24, 2.45) is 0 Å². The summed E-state index contributed by atoms with van der Waals surface area (Å²) in [7, 11) is -0.636. The zero-order valence-corrected chi connectivity index (χ0v) is 18.6. The van der Waals surface area contributed by atoms with Crippen LogP contribution >= 0.6 is 11.6 Å². The van der Waals surface area contributed by atoms with E-state index in [1.807, 2.05) is 25.1 Å². The van der Waals surface area contributed by atoms with Crippen molar-refractivity contribution in [1.82, 2.24) is 4.90 Å². The van der Waals surface area contributed by atoms with Crippen LogP contribution < -0.4 is 4.31 Å². The van der Waals surface area contributed by atoms with Crippen LogP contribution in [0.3, 0.4) is 0 Å². The Morgan fingerprint density at radius 1 is 0.933 bits per heavy atom. The van der Waals surface area contributed by atoms with E-state index in [9.17, 15) is 13.2 Å². The molecule has 0 aliphatic carbocycles. The van der Waals surface area contributed by atoms with Crippen molar-refractivity contribution in [3.05, 3.63) is 94.5 Å². The predicted molar refractivity (Wildman–Crippen MR) is 120 cm³/mol. The third kappa shape index (κ3) is 4.83. The van der Waals surface area contributed by atoms with Gasteiger partial charge < -0.3 is 4.90 Å². The topological polar surface area (TPSA) is 57.7 Å². The molecular formula is C23H23ClN2O3S. The van der Waals surface area contributed by atoms with Gasteiger partial charge in [-0.05, 0) is 60.5 Å². The molecule has 0 heterocycles. The summed E-state index contributed by atoms with van der Waals surface area (Å²) in [5.74, 6) is -0.273. The highest BCUT2D eigenvalue weighted by Gasteiger charge is 2.23. The van der Waals surface area contributed by atoms with Crippen LogP contribution in [-0.2, 0) is 16.6 Å². The number of rotatable bonds is 6. The number of sulfonamides is 1. The Hall–Kier alpha value is -2.83. The third-order valence-electron chi connectivity index (χ3n) is 4.76. The molecule has 0 aliphatic heterocycles. The molecule has 0 saturated carbocycles. The van der Waals surface area contributed by atoms with Gasteiger partial charge in [0, 0.05) is 31.2 Å². The lowest BCUT2D eigenvalue weighted by molar-refractivity contribution is 0.0785. The minimum absolute atomic E-state index is 0.0634. The maximum atomic E-state index is 13.1. The predicted octanol–water partition coefficient (Wildman–Crippen LogP) is 4.75. The first-order valence-corrected chi connectivity index (χ1v) is 11.2. The number of amides is 1. The lowest BCUT2D eigenvalue weighted by atomic mass is 10.1. The first kappa shape index (κ1) is 21.9. The van der Waals surface area contributed by atoms with Crippen molar-refractivity contribution < 1.29 is 13.2 Å². The Balaban J connectivity index is 1.85. The van der Waals surface area contributed by atoms with E-state index in [0.717, 1.165) is 11.1 Å². The van der Waals surface area contributed by atoms with Gasteiger partial charge in [0.15, 0.2) is 0 Å². The van der Waals surface area contributed by atoms with Gasteiger partial charge in [0.25, 0.3) is 15.9 Å². The summed E-state index contributed by atoms with van der Waals surface area (Å²) in [4.78, 5) is 14.5. The maximum absolute atomic E-state index is 13.1. The smallest absolute Gasteiger partial charge is 0.264 e.